The summed E-state index contributed by atoms with van der Waals surface area (Å²) in [7, 11) is -1.43. The molecule has 0 spiro atoms. The Morgan fingerprint density at radius 2 is 1.68 bits per heavy atom. The van der Waals surface area contributed by atoms with E-state index in [1.807, 2.05) is 24.3 Å². The number of carbonyl (C=O) groups is 1. The summed E-state index contributed by atoms with van der Waals surface area (Å²) < 4.78 is 47.0. The zero-order chi connectivity index (χ0) is 23.2. The number of halogens is 1. The van der Waals surface area contributed by atoms with Crippen LogP contribution in [0.25, 0.3) is 0 Å². The van der Waals surface area contributed by atoms with E-state index < -0.39 is 28.5 Å². The number of ether oxygens (including phenoxy) is 1. The van der Waals surface area contributed by atoms with E-state index >= 15 is 0 Å². The molecule has 31 heavy (non-hydrogen) atoms. The smallest absolute Gasteiger partial charge is 0.304 e. The molecule has 1 N–H and O–H groups in total. The number of nitrogens with zero attached hydrogens (tertiary/aromatic N) is 2. The monoisotopic (exact) mass is 451 g/mol. The van der Waals surface area contributed by atoms with E-state index in [1.165, 1.54) is 32.3 Å². The summed E-state index contributed by atoms with van der Waals surface area (Å²) in [6, 6.07) is 13.1. The van der Waals surface area contributed by atoms with Crippen molar-refractivity contribution >= 4 is 21.8 Å². The van der Waals surface area contributed by atoms with Gasteiger partial charge in [0, 0.05) is 14.1 Å². The third-order valence-electron chi connectivity index (χ3n) is 4.53. The van der Waals surface area contributed by atoms with Gasteiger partial charge in [-0.25, -0.2) is 8.70 Å². The molecule has 0 aliphatic heterocycles. The van der Waals surface area contributed by atoms with Crippen molar-refractivity contribution in [2.75, 3.05) is 38.1 Å². The molecule has 0 atom stereocenters. The molecule has 0 bridgehead atoms. The van der Waals surface area contributed by atoms with E-state index in [1.54, 1.807) is 0 Å². The first-order valence-electron chi connectivity index (χ1n) is 9.88. The number of carbonyl (C=O) groups excluding carboxylic acids is 1. The highest BCUT2D eigenvalue weighted by Gasteiger charge is 2.29. The number of rotatable bonds is 9. The maximum atomic E-state index is 14.2. The van der Waals surface area contributed by atoms with Crippen molar-refractivity contribution in [1.82, 2.24) is 9.62 Å². The molecule has 0 unspecified atom stereocenters. The van der Waals surface area contributed by atoms with Gasteiger partial charge < -0.3 is 10.1 Å². The van der Waals surface area contributed by atoms with Crippen molar-refractivity contribution in [3.63, 3.8) is 0 Å². The highest BCUT2D eigenvalue weighted by atomic mass is 32.2. The fourth-order valence-corrected chi connectivity index (χ4v) is 3.96. The van der Waals surface area contributed by atoms with Crippen molar-refractivity contribution in [1.29, 1.82) is 0 Å². The minimum atomic E-state index is -4.07. The summed E-state index contributed by atoms with van der Waals surface area (Å²) >= 11 is 0. The molecular weight excluding hydrogens is 421 g/mol. The van der Waals surface area contributed by atoms with E-state index in [0.29, 0.717) is 0 Å². The minimum Gasteiger partial charge on any atom is -0.491 e. The van der Waals surface area contributed by atoms with Crippen LogP contribution >= 0.6 is 0 Å². The lowest BCUT2D eigenvalue weighted by Gasteiger charge is -2.27. The van der Waals surface area contributed by atoms with Crippen molar-refractivity contribution in [2.24, 2.45) is 0 Å². The van der Waals surface area contributed by atoms with Crippen LogP contribution in [0.15, 0.2) is 48.5 Å². The van der Waals surface area contributed by atoms with Crippen LogP contribution in [0.4, 0.5) is 10.1 Å². The second-order valence-corrected chi connectivity index (χ2v) is 10.3. The van der Waals surface area contributed by atoms with Crippen molar-refractivity contribution < 1.29 is 22.3 Å². The quantitative estimate of drug-likeness (QED) is 0.595. The van der Waals surface area contributed by atoms with Gasteiger partial charge in [-0.2, -0.15) is 12.7 Å². The summed E-state index contributed by atoms with van der Waals surface area (Å²) in [5.74, 6) is -0.573. The summed E-state index contributed by atoms with van der Waals surface area (Å²) in [6.45, 7) is 6.07. The normalized spacial score (nSPS) is 12.0. The molecule has 9 heteroatoms. The van der Waals surface area contributed by atoms with Crippen molar-refractivity contribution in [2.45, 2.75) is 26.2 Å². The van der Waals surface area contributed by atoms with Crippen LogP contribution in [0.1, 0.15) is 26.3 Å². The number of hydrogen-bond donors (Lipinski definition) is 1. The van der Waals surface area contributed by atoms with E-state index in [0.717, 1.165) is 26.0 Å². The van der Waals surface area contributed by atoms with Gasteiger partial charge in [-0.3, -0.25) is 4.79 Å². The number of anilines is 1. The number of nitrogens with one attached hydrogen (secondary N) is 1. The Hall–Kier alpha value is -2.65. The summed E-state index contributed by atoms with van der Waals surface area (Å²) in [5.41, 5.74) is 0.756. The molecule has 2 aromatic carbocycles. The van der Waals surface area contributed by atoms with Gasteiger partial charge in [0.1, 0.15) is 24.7 Å². The molecule has 170 valence electrons. The molecule has 0 saturated heterocycles. The standard InChI is InChI=1S/C22H30FN3O4S/c1-22(2,3)17-10-6-9-13-20(17)30-15-14-24-21(27)16-26(31(28,29)25(4)5)19-12-8-7-11-18(19)23/h6-13H,14-16H2,1-5H3,(H,24,27). The topological polar surface area (TPSA) is 79.0 Å². The van der Waals surface area contributed by atoms with Gasteiger partial charge in [-0.15, -0.1) is 0 Å². The Morgan fingerprint density at radius 1 is 1.06 bits per heavy atom. The molecular formula is C22H30FN3O4S. The highest BCUT2D eigenvalue weighted by molar-refractivity contribution is 7.90. The second kappa shape index (κ2) is 10.1. The van der Waals surface area contributed by atoms with Crippen LogP contribution in [0.2, 0.25) is 0 Å². The van der Waals surface area contributed by atoms with E-state index in [4.69, 9.17) is 4.74 Å². The van der Waals surface area contributed by atoms with Crippen LogP contribution in [0.5, 0.6) is 5.75 Å². The molecule has 7 nitrogen and oxygen atoms in total. The predicted molar refractivity (Wildman–Crippen MR) is 120 cm³/mol. The summed E-state index contributed by atoms with van der Waals surface area (Å²) in [6.07, 6.45) is 0. The average molecular weight is 452 g/mol. The summed E-state index contributed by atoms with van der Waals surface area (Å²) in [4.78, 5) is 12.4. The fraction of sp³-hybridized carbons (Fsp3) is 0.409. The molecule has 0 aromatic heterocycles. The molecule has 0 heterocycles. The van der Waals surface area contributed by atoms with Gasteiger partial charge in [0.2, 0.25) is 5.91 Å². The molecule has 1 amide bonds. The predicted octanol–water partition coefficient (Wildman–Crippen LogP) is 2.93. The zero-order valence-corrected chi connectivity index (χ0v) is 19.4. The summed E-state index contributed by atoms with van der Waals surface area (Å²) in [5, 5.41) is 2.63. The number of benzene rings is 2. The maximum absolute atomic E-state index is 14.2. The first-order valence-corrected chi connectivity index (χ1v) is 11.3. The lowest BCUT2D eigenvalue weighted by Crippen LogP contribution is -2.46. The highest BCUT2D eigenvalue weighted by Crippen LogP contribution is 2.30. The lowest BCUT2D eigenvalue weighted by molar-refractivity contribution is -0.119. The number of para-hydroxylation sites is 2. The molecule has 2 rings (SSSR count). The van der Waals surface area contributed by atoms with Gasteiger partial charge >= 0.3 is 10.2 Å². The Balaban J connectivity index is 2.03. The van der Waals surface area contributed by atoms with Crippen LogP contribution in [-0.2, 0) is 20.4 Å². The van der Waals surface area contributed by atoms with E-state index in [9.17, 15) is 17.6 Å². The first-order chi connectivity index (χ1) is 14.4. The molecule has 0 fully saturated rings. The SMILES string of the molecule is CN(C)S(=O)(=O)N(CC(=O)NCCOc1ccccc1C(C)(C)C)c1ccccc1F. The van der Waals surface area contributed by atoms with E-state index in [2.05, 4.69) is 26.1 Å². The van der Waals surface area contributed by atoms with Gasteiger partial charge in [0.05, 0.1) is 12.2 Å². The van der Waals surface area contributed by atoms with Gasteiger partial charge in [0.15, 0.2) is 0 Å². The Morgan fingerprint density at radius 3 is 2.29 bits per heavy atom. The first kappa shape index (κ1) is 24.6. The molecule has 0 radical (unpaired) electrons. The minimum absolute atomic E-state index is 0.0966. The second-order valence-electron chi connectivity index (χ2n) is 8.19. The molecule has 0 aliphatic rings. The fourth-order valence-electron chi connectivity index (χ4n) is 2.89. The largest absolute Gasteiger partial charge is 0.491 e. The third kappa shape index (κ3) is 6.41. The number of hydrogen-bond acceptors (Lipinski definition) is 4. The Kier molecular flexibility index (Phi) is 8.02. The lowest BCUT2D eigenvalue weighted by atomic mass is 9.86. The molecule has 2 aromatic rings. The van der Waals surface area contributed by atoms with Crippen molar-refractivity contribution in [3.8, 4) is 5.75 Å². The van der Waals surface area contributed by atoms with Crippen LogP contribution in [0, 0.1) is 5.82 Å². The Bertz CT molecular complexity index is 1000. The third-order valence-corrected chi connectivity index (χ3v) is 6.33. The maximum Gasteiger partial charge on any atom is 0.304 e. The van der Waals surface area contributed by atoms with Gasteiger partial charge in [0.25, 0.3) is 0 Å². The Labute approximate surface area is 184 Å². The van der Waals surface area contributed by atoms with Gasteiger partial charge in [-0.05, 0) is 29.2 Å². The van der Waals surface area contributed by atoms with Crippen LogP contribution < -0.4 is 14.4 Å². The number of amides is 1. The zero-order valence-electron chi connectivity index (χ0n) is 18.6. The van der Waals surface area contributed by atoms with Crippen LogP contribution in [-0.4, -0.2) is 52.4 Å². The van der Waals surface area contributed by atoms with Crippen molar-refractivity contribution in [3.05, 3.63) is 59.9 Å². The van der Waals surface area contributed by atoms with E-state index in [-0.39, 0.29) is 24.3 Å². The molecule has 0 saturated carbocycles. The average Bonchev–Trinajstić information content (AvgIpc) is 2.69. The molecule has 0 aliphatic carbocycles. The van der Waals surface area contributed by atoms with Gasteiger partial charge in [-0.1, -0.05) is 51.1 Å². The van der Waals surface area contributed by atoms with Crippen LogP contribution in [0.3, 0.4) is 0 Å².